The lowest BCUT2D eigenvalue weighted by atomic mass is 10.1. The molecule has 3 N–H and O–H groups in total. The average Bonchev–Trinajstić information content (AvgIpc) is 2.77. The topological polar surface area (TPSA) is 82.0 Å². The van der Waals surface area contributed by atoms with Crippen LogP contribution in [0.25, 0.3) is 0 Å². The molecule has 0 radical (unpaired) electrons. The summed E-state index contributed by atoms with van der Waals surface area (Å²) < 4.78 is 5.67. The zero-order valence-electron chi connectivity index (χ0n) is 18.3. The molecule has 1 aliphatic rings. The van der Waals surface area contributed by atoms with Crippen molar-refractivity contribution in [3.63, 3.8) is 0 Å². The van der Waals surface area contributed by atoms with E-state index >= 15 is 0 Å². The number of anilines is 1. The number of guanidine groups is 1. The van der Waals surface area contributed by atoms with Crippen LogP contribution in [-0.2, 0) is 0 Å². The monoisotopic (exact) mass is 539 g/mol. The fourth-order valence-corrected chi connectivity index (χ4v) is 3.45. The minimum atomic E-state index is -0.660. The van der Waals surface area contributed by atoms with E-state index in [0.717, 1.165) is 55.6 Å². The number of rotatable bonds is 8. The molecule has 1 aliphatic heterocycles. The second-order valence-corrected chi connectivity index (χ2v) is 7.59. The Labute approximate surface area is 202 Å². The normalized spacial score (nSPS) is 15.7. The lowest BCUT2D eigenvalue weighted by molar-refractivity contribution is 0.114. The fourth-order valence-electron chi connectivity index (χ4n) is 3.45. The van der Waals surface area contributed by atoms with Crippen molar-refractivity contribution in [1.29, 1.82) is 0 Å². The third-order valence-corrected chi connectivity index (χ3v) is 5.05. The summed E-state index contributed by atoms with van der Waals surface area (Å²) in [6.07, 6.45) is 3.20. The minimum Gasteiger partial charge on any atom is -0.491 e. The van der Waals surface area contributed by atoms with E-state index in [4.69, 9.17) is 4.74 Å². The van der Waals surface area contributed by atoms with Gasteiger partial charge in [0.1, 0.15) is 24.3 Å². The standard InChI is InChI=1S/C23H33N5O2.HI/c1-3-24-23(26-16-20(29)17-30-21-8-6-7-18(2)15-21)27-19-10-13-28(14-11-19)22-9-4-5-12-25-22;/h4-9,12,15,19-20,29H,3,10-11,13-14,16-17H2,1-2H3,(H2,24,26,27);1H. The van der Waals surface area contributed by atoms with Crippen molar-refractivity contribution in [2.24, 2.45) is 4.99 Å². The van der Waals surface area contributed by atoms with Gasteiger partial charge in [0, 0.05) is 31.9 Å². The summed E-state index contributed by atoms with van der Waals surface area (Å²) >= 11 is 0. The summed E-state index contributed by atoms with van der Waals surface area (Å²) in [5.74, 6) is 2.54. The number of aliphatic hydroxyl groups excluding tert-OH is 1. The Morgan fingerprint density at radius 2 is 2.06 bits per heavy atom. The van der Waals surface area contributed by atoms with Crippen LogP contribution in [0.15, 0.2) is 53.7 Å². The first-order valence-electron chi connectivity index (χ1n) is 10.7. The number of hydrogen-bond donors (Lipinski definition) is 3. The van der Waals surface area contributed by atoms with E-state index in [9.17, 15) is 5.11 Å². The van der Waals surface area contributed by atoms with Gasteiger partial charge in [0.2, 0.25) is 0 Å². The van der Waals surface area contributed by atoms with Crippen molar-refractivity contribution in [3.05, 3.63) is 54.2 Å². The molecule has 0 bridgehead atoms. The van der Waals surface area contributed by atoms with E-state index in [2.05, 4.69) is 31.6 Å². The van der Waals surface area contributed by atoms with E-state index in [0.29, 0.717) is 6.04 Å². The van der Waals surface area contributed by atoms with Crippen molar-refractivity contribution in [3.8, 4) is 5.75 Å². The first-order chi connectivity index (χ1) is 14.6. The number of benzene rings is 1. The molecule has 7 nitrogen and oxygen atoms in total. The van der Waals surface area contributed by atoms with E-state index in [1.54, 1.807) is 0 Å². The number of halogens is 1. The molecule has 1 saturated heterocycles. The average molecular weight is 539 g/mol. The van der Waals surface area contributed by atoms with Gasteiger partial charge in [0.25, 0.3) is 0 Å². The Kier molecular flexibility index (Phi) is 10.9. The molecular weight excluding hydrogens is 505 g/mol. The first kappa shape index (κ1) is 25.2. The third kappa shape index (κ3) is 8.53. The van der Waals surface area contributed by atoms with E-state index in [1.807, 2.05) is 56.4 Å². The first-order valence-corrected chi connectivity index (χ1v) is 10.7. The van der Waals surface area contributed by atoms with Gasteiger partial charge >= 0.3 is 0 Å². The highest BCUT2D eigenvalue weighted by Crippen LogP contribution is 2.17. The van der Waals surface area contributed by atoms with Crippen molar-refractivity contribution < 1.29 is 9.84 Å². The van der Waals surface area contributed by atoms with E-state index in [1.165, 1.54) is 0 Å². The molecular formula is C23H34IN5O2. The number of nitrogens with one attached hydrogen (secondary N) is 2. The maximum absolute atomic E-state index is 10.3. The molecule has 170 valence electrons. The number of ether oxygens (including phenoxy) is 1. The van der Waals surface area contributed by atoms with Crippen LogP contribution in [0.2, 0.25) is 0 Å². The van der Waals surface area contributed by atoms with Crippen LogP contribution in [-0.4, -0.2) is 61.0 Å². The zero-order valence-corrected chi connectivity index (χ0v) is 20.7. The summed E-state index contributed by atoms with van der Waals surface area (Å²) in [6.45, 7) is 7.25. The Bertz CT molecular complexity index is 798. The Hall–Kier alpha value is -2.07. The number of piperidine rings is 1. The Balaban J connectivity index is 0.00000341. The van der Waals surface area contributed by atoms with Gasteiger partial charge in [-0.2, -0.15) is 0 Å². The maximum atomic E-state index is 10.3. The number of aliphatic hydroxyl groups is 1. The number of nitrogens with zero attached hydrogens (tertiary/aromatic N) is 3. The van der Waals surface area contributed by atoms with Crippen molar-refractivity contribution in [2.75, 3.05) is 37.7 Å². The molecule has 2 aromatic rings. The molecule has 0 aliphatic carbocycles. The van der Waals surface area contributed by atoms with Gasteiger partial charge in [-0.05, 0) is 56.5 Å². The Morgan fingerprint density at radius 3 is 2.74 bits per heavy atom. The van der Waals surface area contributed by atoms with E-state index in [-0.39, 0.29) is 37.1 Å². The third-order valence-electron chi connectivity index (χ3n) is 5.05. The van der Waals surface area contributed by atoms with Crippen LogP contribution in [0.3, 0.4) is 0 Å². The maximum Gasteiger partial charge on any atom is 0.191 e. The van der Waals surface area contributed by atoms with Gasteiger partial charge in [-0.25, -0.2) is 4.98 Å². The molecule has 1 aromatic carbocycles. The molecule has 8 heteroatoms. The van der Waals surface area contributed by atoms with Crippen molar-refractivity contribution in [1.82, 2.24) is 15.6 Å². The lowest BCUT2D eigenvalue weighted by Crippen LogP contribution is -2.49. The fraction of sp³-hybridized carbons (Fsp3) is 0.478. The summed E-state index contributed by atoms with van der Waals surface area (Å²) in [7, 11) is 0. The molecule has 1 atom stereocenters. The molecule has 2 heterocycles. The highest BCUT2D eigenvalue weighted by Gasteiger charge is 2.20. The summed E-state index contributed by atoms with van der Waals surface area (Å²) in [4.78, 5) is 11.3. The molecule has 0 spiro atoms. The number of aryl methyl sites for hydroxylation is 1. The van der Waals surface area contributed by atoms with Gasteiger partial charge in [0.05, 0.1) is 6.54 Å². The molecule has 31 heavy (non-hydrogen) atoms. The molecule has 3 rings (SSSR count). The smallest absolute Gasteiger partial charge is 0.191 e. The van der Waals surface area contributed by atoms with Gasteiger partial charge in [-0.3, -0.25) is 4.99 Å². The van der Waals surface area contributed by atoms with Gasteiger partial charge < -0.3 is 25.4 Å². The second kappa shape index (κ2) is 13.4. The van der Waals surface area contributed by atoms with Gasteiger partial charge in [0.15, 0.2) is 5.96 Å². The highest BCUT2D eigenvalue weighted by atomic mass is 127. The predicted octanol–water partition coefficient (Wildman–Crippen LogP) is 2.97. The SMILES string of the molecule is CCNC(=NCC(O)COc1cccc(C)c1)NC1CCN(c2ccccn2)CC1.I. The van der Waals surface area contributed by atoms with Gasteiger partial charge in [-0.1, -0.05) is 18.2 Å². The van der Waals surface area contributed by atoms with Crippen molar-refractivity contribution in [2.45, 2.75) is 38.8 Å². The van der Waals surface area contributed by atoms with Crippen LogP contribution in [0, 0.1) is 6.92 Å². The molecule has 1 unspecified atom stereocenters. The number of aromatic nitrogens is 1. The van der Waals surface area contributed by atoms with Gasteiger partial charge in [-0.15, -0.1) is 24.0 Å². The zero-order chi connectivity index (χ0) is 21.2. The number of aliphatic imine (C=N–C) groups is 1. The summed E-state index contributed by atoms with van der Waals surface area (Å²) in [6, 6.07) is 14.2. The van der Waals surface area contributed by atoms with Crippen LogP contribution < -0.4 is 20.3 Å². The van der Waals surface area contributed by atoms with Crippen LogP contribution in [0.4, 0.5) is 5.82 Å². The molecule has 0 amide bonds. The molecule has 0 saturated carbocycles. The van der Waals surface area contributed by atoms with Crippen LogP contribution in [0.1, 0.15) is 25.3 Å². The quantitative estimate of drug-likeness (QED) is 0.272. The van der Waals surface area contributed by atoms with Crippen molar-refractivity contribution >= 4 is 35.8 Å². The summed E-state index contributed by atoms with van der Waals surface area (Å²) in [5.41, 5.74) is 1.13. The molecule has 1 fully saturated rings. The largest absolute Gasteiger partial charge is 0.491 e. The second-order valence-electron chi connectivity index (χ2n) is 7.59. The van der Waals surface area contributed by atoms with E-state index < -0.39 is 6.10 Å². The predicted molar refractivity (Wildman–Crippen MR) is 137 cm³/mol. The minimum absolute atomic E-state index is 0. The number of hydrogen-bond acceptors (Lipinski definition) is 5. The number of pyridine rings is 1. The summed E-state index contributed by atoms with van der Waals surface area (Å²) in [5, 5.41) is 17.0. The Morgan fingerprint density at radius 1 is 1.26 bits per heavy atom. The molecule has 1 aromatic heterocycles. The van der Waals surface area contributed by atoms with Crippen LogP contribution in [0.5, 0.6) is 5.75 Å². The lowest BCUT2D eigenvalue weighted by Gasteiger charge is -2.33. The van der Waals surface area contributed by atoms with Crippen LogP contribution >= 0.6 is 24.0 Å². The highest BCUT2D eigenvalue weighted by molar-refractivity contribution is 14.0.